The summed E-state index contributed by atoms with van der Waals surface area (Å²) in [7, 11) is 0. The van der Waals surface area contributed by atoms with Gasteiger partial charge < -0.3 is 9.62 Å². The predicted molar refractivity (Wildman–Crippen MR) is 162 cm³/mol. The van der Waals surface area contributed by atoms with Crippen LogP contribution in [0.3, 0.4) is 0 Å². The summed E-state index contributed by atoms with van der Waals surface area (Å²) in [5.41, 5.74) is 4.53. The zero-order chi connectivity index (χ0) is 25.6. The van der Waals surface area contributed by atoms with E-state index in [1.165, 1.54) is 0 Å². The van der Waals surface area contributed by atoms with Crippen LogP contribution in [0, 0.1) is 0 Å². The van der Waals surface area contributed by atoms with Gasteiger partial charge in [0.15, 0.2) is 0 Å². The minimum absolute atomic E-state index is 0.0785. The lowest BCUT2D eigenvalue weighted by atomic mass is 9.60. The van der Waals surface area contributed by atoms with Crippen LogP contribution in [0.25, 0.3) is 0 Å². The molecule has 0 saturated heterocycles. The molecule has 0 atom stereocenters. The van der Waals surface area contributed by atoms with E-state index in [2.05, 4.69) is 84.5 Å². The molecule has 0 spiro atoms. The molecule has 0 heterocycles. The number of benzene rings is 4. The maximum absolute atomic E-state index is 3.89. The van der Waals surface area contributed by atoms with Crippen LogP contribution in [-0.2, 0) is 0 Å². The van der Waals surface area contributed by atoms with Gasteiger partial charge in [0.2, 0.25) is 0 Å². The van der Waals surface area contributed by atoms with Crippen LogP contribution in [0.1, 0.15) is 0 Å². The molecule has 0 fully saturated rings. The number of para-hydroxylation sites is 4. The van der Waals surface area contributed by atoms with Gasteiger partial charge in [-0.25, -0.2) is 0 Å². The van der Waals surface area contributed by atoms with Gasteiger partial charge in [-0.05, 0) is 48.5 Å². The van der Waals surface area contributed by atoms with E-state index < -0.39 is 0 Å². The van der Waals surface area contributed by atoms with Crippen molar-refractivity contribution in [2.45, 2.75) is 0 Å². The largest absolute Gasteiger partial charge is 0.378 e. The first-order chi connectivity index (χ1) is 17.7. The monoisotopic (exact) mass is 466 g/mol. The van der Waals surface area contributed by atoms with Crippen molar-refractivity contribution in [3.63, 3.8) is 0 Å². The number of nitrogens with zero attached hydrogens (tertiary/aromatic N) is 2. The van der Waals surface area contributed by atoms with E-state index in [4.69, 9.17) is 0 Å². The molecule has 4 rings (SSSR count). The van der Waals surface area contributed by atoms with E-state index in [9.17, 15) is 0 Å². The van der Waals surface area contributed by atoms with Crippen LogP contribution < -0.4 is 9.62 Å². The first-order valence-electron chi connectivity index (χ1n) is 12.0. The second-order valence-corrected chi connectivity index (χ2v) is 8.01. The Morgan fingerprint density at radius 3 is 0.722 bits per heavy atom. The van der Waals surface area contributed by atoms with Crippen molar-refractivity contribution < 1.29 is 0 Å². The van der Waals surface area contributed by atoms with Gasteiger partial charge in [0.25, 0.3) is 0 Å². The lowest BCUT2D eigenvalue weighted by Crippen LogP contribution is -2.32. The fourth-order valence-corrected chi connectivity index (χ4v) is 3.96. The fraction of sp³-hybridized carbons (Fsp3) is 0. The van der Waals surface area contributed by atoms with E-state index in [1.807, 2.05) is 96.7 Å². The molecule has 0 saturated carbocycles. The van der Waals surface area contributed by atoms with E-state index in [0.717, 1.165) is 22.7 Å². The van der Waals surface area contributed by atoms with Crippen LogP contribution in [0.2, 0.25) is 0 Å². The highest BCUT2D eigenvalue weighted by molar-refractivity contribution is 6.74. The minimum Gasteiger partial charge on any atom is -0.378 e. The molecular weight excluding hydrogens is 434 g/mol. The summed E-state index contributed by atoms with van der Waals surface area (Å²) in [5, 5.41) is 0. The number of hydrogen-bond acceptors (Lipinski definition) is 2. The third-order valence-electron chi connectivity index (χ3n) is 5.70. The third-order valence-corrected chi connectivity index (χ3v) is 5.70. The zero-order valence-electron chi connectivity index (χ0n) is 20.7. The Kier molecular flexibility index (Phi) is 10.2. The summed E-state index contributed by atoms with van der Waals surface area (Å²) in [4.78, 5) is 4.42. The predicted octanol–water partition coefficient (Wildman–Crippen LogP) is 8.53. The summed E-state index contributed by atoms with van der Waals surface area (Å²) in [6.45, 7) is 15.7. The molecule has 4 heteroatoms. The van der Waals surface area contributed by atoms with E-state index in [-0.39, 0.29) is 13.7 Å². The number of hydrogen-bond donors (Lipinski definition) is 0. The van der Waals surface area contributed by atoms with E-state index in [1.54, 1.807) is 0 Å². The van der Waals surface area contributed by atoms with Gasteiger partial charge in [0.1, 0.15) is 0 Å². The normalized spacial score (nSPS) is 9.56. The Morgan fingerprint density at radius 1 is 0.361 bits per heavy atom. The van der Waals surface area contributed by atoms with Gasteiger partial charge in [0.05, 0.1) is 0 Å². The van der Waals surface area contributed by atoms with Gasteiger partial charge in [-0.15, -0.1) is 26.3 Å². The molecule has 0 aliphatic rings. The Morgan fingerprint density at radius 2 is 0.556 bits per heavy atom. The molecule has 0 radical (unpaired) electrons. The van der Waals surface area contributed by atoms with Gasteiger partial charge >= 0.3 is 13.7 Å². The SMILES string of the molecule is C=CB(C=C)N(c1ccccc1)c1ccccc1.C=CB(C=C)N(c1ccccc1)c1ccccc1. The molecule has 4 aromatic carbocycles. The molecule has 0 amide bonds. The average Bonchev–Trinajstić information content (AvgIpc) is 2.96. The Hall–Kier alpha value is -4.43. The number of rotatable bonds is 10. The summed E-state index contributed by atoms with van der Waals surface area (Å²) in [6.07, 6.45) is 0. The smallest absolute Gasteiger partial charge is 0.311 e. The Balaban J connectivity index is 0.000000201. The van der Waals surface area contributed by atoms with Crippen molar-refractivity contribution in [3.8, 4) is 0 Å². The molecule has 176 valence electrons. The Labute approximate surface area is 217 Å². The van der Waals surface area contributed by atoms with Crippen LogP contribution >= 0.6 is 0 Å². The lowest BCUT2D eigenvalue weighted by Gasteiger charge is -2.28. The highest BCUT2D eigenvalue weighted by Crippen LogP contribution is 2.27. The molecule has 0 aromatic heterocycles. The van der Waals surface area contributed by atoms with Crippen LogP contribution in [0.5, 0.6) is 0 Å². The number of anilines is 4. The minimum atomic E-state index is 0.0785. The van der Waals surface area contributed by atoms with Crippen molar-refractivity contribution in [1.29, 1.82) is 0 Å². The Bertz CT molecular complexity index is 1020. The van der Waals surface area contributed by atoms with Crippen molar-refractivity contribution >= 4 is 36.4 Å². The molecule has 0 aliphatic heterocycles. The second-order valence-electron chi connectivity index (χ2n) is 8.01. The standard InChI is InChI=1S/2C16H16BN/c2*1-3-17(4-2)18(15-11-7-5-8-12-15)16-13-9-6-10-14-16/h2*3-14H,1-2H2. The first-order valence-corrected chi connectivity index (χ1v) is 12.0. The van der Waals surface area contributed by atoms with Crippen LogP contribution in [0.4, 0.5) is 22.7 Å². The maximum atomic E-state index is 3.89. The molecule has 36 heavy (non-hydrogen) atoms. The molecule has 0 unspecified atom stereocenters. The van der Waals surface area contributed by atoms with Crippen molar-refractivity contribution in [2.75, 3.05) is 9.62 Å². The molecule has 2 nitrogen and oxygen atoms in total. The van der Waals surface area contributed by atoms with Gasteiger partial charge in [0, 0.05) is 22.7 Å². The van der Waals surface area contributed by atoms with Crippen LogP contribution in [-0.4, -0.2) is 13.7 Å². The highest BCUT2D eigenvalue weighted by Gasteiger charge is 2.19. The molecule has 4 aromatic rings. The zero-order valence-corrected chi connectivity index (χ0v) is 20.7. The molecule has 0 aliphatic carbocycles. The van der Waals surface area contributed by atoms with Crippen molar-refractivity contribution in [3.05, 3.63) is 172 Å². The van der Waals surface area contributed by atoms with Gasteiger partial charge in [-0.1, -0.05) is 96.7 Å². The fourth-order valence-electron chi connectivity index (χ4n) is 3.96. The second kappa shape index (κ2) is 14.1. The van der Waals surface area contributed by atoms with Gasteiger partial charge in [-0.2, -0.15) is 0 Å². The summed E-state index contributed by atoms with van der Waals surface area (Å²) < 4.78 is 0. The van der Waals surface area contributed by atoms with E-state index in [0.29, 0.717) is 0 Å². The highest BCUT2D eigenvalue weighted by atomic mass is 15.1. The topological polar surface area (TPSA) is 6.48 Å². The first kappa shape index (κ1) is 26.2. The average molecular weight is 466 g/mol. The summed E-state index contributed by atoms with van der Waals surface area (Å²) >= 11 is 0. The maximum Gasteiger partial charge on any atom is 0.311 e. The van der Waals surface area contributed by atoms with E-state index >= 15 is 0 Å². The third kappa shape index (κ3) is 6.80. The van der Waals surface area contributed by atoms with Crippen molar-refractivity contribution in [2.24, 2.45) is 0 Å². The van der Waals surface area contributed by atoms with Gasteiger partial charge in [-0.3, -0.25) is 0 Å². The molecule has 0 bridgehead atoms. The quantitative estimate of drug-likeness (QED) is 0.216. The summed E-state index contributed by atoms with van der Waals surface area (Å²) in [6, 6.07) is 41.1. The lowest BCUT2D eigenvalue weighted by molar-refractivity contribution is 1.38. The van der Waals surface area contributed by atoms with Crippen LogP contribution in [0.15, 0.2) is 172 Å². The molecule has 0 N–H and O–H groups in total. The van der Waals surface area contributed by atoms with Crippen molar-refractivity contribution in [1.82, 2.24) is 0 Å². The summed E-state index contributed by atoms with van der Waals surface area (Å²) in [5.74, 6) is 7.58. The molecular formula is C32H32B2N2.